The van der Waals surface area contributed by atoms with Crippen LogP contribution in [-0.4, -0.2) is 63.9 Å². The molecule has 0 saturated carbocycles. The predicted octanol–water partition coefficient (Wildman–Crippen LogP) is 1.32. The molecule has 2 N–H and O–H groups in total. The first-order chi connectivity index (χ1) is 9.48. The second-order valence-corrected chi connectivity index (χ2v) is 7.01. The first-order valence-electron chi connectivity index (χ1n) is 7.53. The van der Waals surface area contributed by atoms with E-state index in [9.17, 15) is 5.11 Å². The van der Waals surface area contributed by atoms with Crippen molar-refractivity contribution < 1.29 is 5.11 Å². The van der Waals surface area contributed by atoms with Crippen LogP contribution in [0.15, 0.2) is 12.3 Å². The van der Waals surface area contributed by atoms with Gasteiger partial charge in [-0.2, -0.15) is 5.10 Å². The quantitative estimate of drug-likeness (QED) is 0.854. The highest BCUT2D eigenvalue weighted by atomic mass is 16.3. The van der Waals surface area contributed by atoms with Crippen LogP contribution in [-0.2, 0) is 6.54 Å². The van der Waals surface area contributed by atoms with Crippen LogP contribution in [0.5, 0.6) is 0 Å². The second-order valence-electron chi connectivity index (χ2n) is 7.01. The number of aromatic nitrogens is 2. The summed E-state index contributed by atoms with van der Waals surface area (Å²) in [6.07, 6.45) is 2.66. The fourth-order valence-electron chi connectivity index (χ4n) is 2.95. The second kappa shape index (κ2) is 6.70. The van der Waals surface area contributed by atoms with Crippen LogP contribution in [0.25, 0.3) is 0 Å². The Morgan fingerprint density at radius 2 is 2.20 bits per heavy atom. The van der Waals surface area contributed by atoms with Crippen molar-refractivity contribution in [2.24, 2.45) is 5.41 Å². The fraction of sp³-hybridized carbons (Fsp3) is 0.800. The molecule has 20 heavy (non-hydrogen) atoms. The van der Waals surface area contributed by atoms with Gasteiger partial charge in [0.2, 0.25) is 0 Å². The zero-order valence-electron chi connectivity index (χ0n) is 13.0. The molecule has 1 aromatic rings. The number of nitrogens with zero attached hydrogens (tertiary/aromatic N) is 3. The van der Waals surface area contributed by atoms with Crippen LogP contribution in [0, 0.1) is 5.41 Å². The summed E-state index contributed by atoms with van der Waals surface area (Å²) < 4.78 is 0. The normalized spacial score (nSPS) is 22.3. The Kier molecular flexibility index (Phi) is 5.18. The lowest BCUT2D eigenvalue weighted by atomic mass is 9.94. The van der Waals surface area contributed by atoms with Crippen LogP contribution in [0.2, 0.25) is 0 Å². The van der Waals surface area contributed by atoms with Crippen molar-refractivity contribution in [3.05, 3.63) is 18.0 Å². The van der Waals surface area contributed by atoms with Gasteiger partial charge in [-0.05, 0) is 17.9 Å². The maximum atomic E-state index is 9.32. The van der Waals surface area contributed by atoms with E-state index in [4.69, 9.17) is 0 Å². The Labute approximate surface area is 122 Å². The number of H-pyrrole nitrogens is 1. The van der Waals surface area contributed by atoms with E-state index in [0.717, 1.165) is 44.8 Å². The molecule has 1 atom stereocenters. The molecule has 5 nitrogen and oxygen atoms in total. The van der Waals surface area contributed by atoms with E-state index in [2.05, 4.69) is 40.8 Å². The van der Waals surface area contributed by atoms with E-state index in [1.165, 1.54) is 0 Å². The molecule has 5 heteroatoms. The minimum absolute atomic E-state index is 0.267. The summed E-state index contributed by atoms with van der Waals surface area (Å²) in [6, 6.07) is 2.48. The summed E-state index contributed by atoms with van der Waals surface area (Å²) in [6.45, 7) is 12.3. The van der Waals surface area contributed by atoms with Crippen LogP contribution in [0.1, 0.15) is 32.9 Å². The lowest BCUT2D eigenvalue weighted by Crippen LogP contribution is -2.54. The summed E-state index contributed by atoms with van der Waals surface area (Å²) in [5, 5.41) is 16.3. The molecule has 2 rings (SSSR count). The number of aromatic amines is 1. The van der Waals surface area contributed by atoms with Gasteiger partial charge < -0.3 is 5.11 Å². The zero-order valence-corrected chi connectivity index (χ0v) is 13.0. The van der Waals surface area contributed by atoms with E-state index in [0.29, 0.717) is 11.5 Å². The molecule has 0 radical (unpaired) electrons. The predicted molar refractivity (Wildman–Crippen MR) is 80.4 cm³/mol. The third kappa shape index (κ3) is 4.58. The summed E-state index contributed by atoms with van der Waals surface area (Å²) in [5.41, 5.74) is 1.47. The van der Waals surface area contributed by atoms with E-state index in [1.54, 1.807) is 6.20 Å². The number of piperazine rings is 1. The Hall–Kier alpha value is -0.910. The highest BCUT2D eigenvalue weighted by Gasteiger charge is 2.29. The first kappa shape index (κ1) is 15.5. The van der Waals surface area contributed by atoms with Gasteiger partial charge in [-0.1, -0.05) is 20.8 Å². The van der Waals surface area contributed by atoms with Crippen molar-refractivity contribution in [3.63, 3.8) is 0 Å². The highest BCUT2D eigenvalue weighted by molar-refractivity contribution is 4.98. The van der Waals surface area contributed by atoms with Gasteiger partial charge in [-0.3, -0.25) is 14.9 Å². The average Bonchev–Trinajstić information content (AvgIpc) is 2.84. The molecule has 1 saturated heterocycles. The molecule has 0 spiro atoms. The van der Waals surface area contributed by atoms with Crippen molar-refractivity contribution >= 4 is 0 Å². The van der Waals surface area contributed by atoms with E-state index in [-0.39, 0.29) is 6.61 Å². The minimum atomic E-state index is 0.267. The topological polar surface area (TPSA) is 55.4 Å². The molecule has 114 valence electrons. The van der Waals surface area contributed by atoms with Crippen LogP contribution >= 0.6 is 0 Å². The molecule has 0 bridgehead atoms. The molecule has 0 amide bonds. The Morgan fingerprint density at radius 3 is 2.80 bits per heavy atom. The lowest BCUT2D eigenvalue weighted by Gasteiger charge is -2.43. The smallest absolute Gasteiger partial charge is 0.0492 e. The maximum absolute atomic E-state index is 9.32. The van der Waals surface area contributed by atoms with Gasteiger partial charge in [0.15, 0.2) is 0 Å². The summed E-state index contributed by atoms with van der Waals surface area (Å²) in [7, 11) is 0. The van der Waals surface area contributed by atoms with Gasteiger partial charge in [0, 0.05) is 57.3 Å². The fourth-order valence-corrected chi connectivity index (χ4v) is 2.95. The molecule has 1 aromatic heterocycles. The maximum Gasteiger partial charge on any atom is 0.0492 e. The Morgan fingerprint density at radius 1 is 1.40 bits per heavy atom. The van der Waals surface area contributed by atoms with Crippen molar-refractivity contribution in [2.75, 3.05) is 32.8 Å². The van der Waals surface area contributed by atoms with Crippen LogP contribution in [0.3, 0.4) is 0 Å². The van der Waals surface area contributed by atoms with E-state index >= 15 is 0 Å². The molecule has 2 heterocycles. The minimum Gasteiger partial charge on any atom is -0.396 e. The average molecular weight is 280 g/mol. The molecular weight excluding hydrogens is 252 g/mol. The molecule has 1 fully saturated rings. The van der Waals surface area contributed by atoms with Gasteiger partial charge >= 0.3 is 0 Å². The van der Waals surface area contributed by atoms with Gasteiger partial charge in [0.25, 0.3) is 0 Å². The van der Waals surface area contributed by atoms with E-state index in [1.807, 2.05) is 6.07 Å². The Bertz CT molecular complexity index is 385. The lowest BCUT2D eigenvalue weighted by molar-refractivity contribution is 0.0335. The third-order valence-electron chi connectivity index (χ3n) is 3.78. The van der Waals surface area contributed by atoms with Crippen LogP contribution < -0.4 is 0 Å². The van der Waals surface area contributed by atoms with Gasteiger partial charge in [0.05, 0.1) is 0 Å². The van der Waals surface area contributed by atoms with Gasteiger partial charge in [-0.25, -0.2) is 0 Å². The molecule has 0 unspecified atom stereocenters. The molecule has 0 aliphatic carbocycles. The van der Waals surface area contributed by atoms with Crippen molar-refractivity contribution in [1.29, 1.82) is 0 Å². The number of hydrogen-bond donors (Lipinski definition) is 2. The molecule has 0 aromatic carbocycles. The van der Waals surface area contributed by atoms with Crippen molar-refractivity contribution in [3.8, 4) is 0 Å². The summed E-state index contributed by atoms with van der Waals surface area (Å²) >= 11 is 0. The van der Waals surface area contributed by atoms with Crippen LogP contribution in [0.4, 0.5) is 0 Å². The number of nitrogens with one attached hydrogen (secondary N) is 1. The number of aliphatic hydroxyl groups excluding tert-OH is 1. The third-order valence-corrected chi connectivity index (χ3v) is 3.78. The standard InChI is InChI=1S/C15H28N4O/c1-15(2,3)12-19-8-7-18(11-14(19)5-9-20)10-13-4-6-16-17-13/h4,6,14,20H,5,7-12H2,1-3H3,(H,16,17)/t14-/m1/s1. The monoisotopic (exact) mass is 280 g/mol. The van der Waals surface area contributed by atoms with E-state index < -0.39 is 0 Å². The Balaban J connectivity index is 1.92. The van der Waals surface area contributed by atoms with Gasteiger partial charge in [0.1, 0.15) is 0 Å². The van der Waals surface area contributed by atoms with Crippen molar-refractivity contribution in [1.82, 2.24) is 20.0 Å². The number of aliphatic hydroxyl groups is 1. The molecule has 1 aliphatic rings. The highest BCUT2D eigenvalue weighted by Crippen LogP contribution is 2.21. The summed E-state index contributed by atoms with van der Waals surface area (Å²) in [5.74, 6) is 0. The molecule has 1 aliphatic heterocycles. The SMILES string of the molecule is CC(C)(C)CN1CCN(Cc2ccn[nH]2)C[C@H]1CCO. The summed E-state index contributed by atoms with van der Waals surface area (Å²) in [4.78, 5) is 4.99. The zero-order chi connectivity index (χ0) is 14.6. The number of hydrogen-bond acceptors (Lipinski definition) is 4. The van der Waals surface area contributed by atoms with Gasteiger partial charge in [-0.15, -0.1) is 0 Å². The largest absolute Gasteiger partial charge is 0.396 e. The first-order valence-corrected chi connectivity index (χ1v) is 7.53. The molecular formula is C15H28N4O. The van der Waals surface area contributed by atoms with Crippen molar-refractivity contribution in [2.45, 2.75) is 39.8 Å². The number of rotatable bonds is 5.